The van der Waals surface area contributed by atoms with Crippen molar-refractivity contribution in [3.8, 4) is 11.5 Å². The molecule has 1 aliphatic heterocycles. The first kappa shape index (κ1) is 30.5. The summed E-state index contributed by atoms with van der Waals surface area (Å²) in [5.74, 6) is 2.23. The van der Waals surface area contributed by atoms with E-state index in [9.17, 15) is 4.79 Å². The van der Waals surface area contributed by atoms with Crippen LogP contribution in [0.15, 0.2) is 63.4 Å². The second kappa shape index (κ2) is 14.5. The van der Waals surface area contributed by atoms with Crippen molar-refractivity contribution in [3.63, 3.8) is 0 Å². The van der Waals surface area contributed by atoms with Crippen molar-refractivity contribution in [1.29, 1.82) is 0 Å². The largest absolute Gasteiger partial charge is 0.493 e. The fraction of sp³-hybridized carbons (Fsp3) is 0.469. The molecule has 224 valence electrons. The highest BCUT2D eigenvalue weighted by atomic mass is 79.9. The lowest BCUT2D eigenvalue weighted by molar-refractivity contribution is -0.146. The predicted molar refractivity (Wildman–Crippen MR) is 169 cm³/mol. The van der Waals surface area contributed by atoms with E-state index in [2.05, 4.69) is 40.3 Å². The van der Waals surface area contributed by atoms with Gasteiger partial charge in [-0.05, 0) is 78.2 Å². The predicted octanol–water partition coefficient (Wildman–Crippen LogP) is 8.08. The van der Waals surface area contributed by atoms with E-state index < -0.39 is 6.04 Å². The number of carbonyl (C=O) groups excluding carboxylic acids is 1. The SMILES string of the molecule is CCCCCOc1c(Br)cc(C2C(C(=O)OC3CCCCC3)=C(C)Nc3nc(SCc4ccccc4)nn32)cc1OC. The van der Waals surface area contributed by atoms with Gasteiger partial charge in [-0.15, -0.1) is 5.10 Å². The Morgan fingerprint density at radius 3 is 2.67 bits per heavy atom. The molecule has 0 spiro atoms. The van der Waals surface area contributed by atoms with Crippen molar-refractivity contribution in [3.05, 3.63) is 69.3 Å². The average Bonchev–Trinajstić information content (AvgIpc) is 3.41. The van der Waals surface area contributed by atoms with Crippen LogP contribution in [0.4, 0.5) is 5.95 Å². The van der Waals surface area contributed by atoms with Gasteiger partial charge in [0, 0.05) is 11.4 Å². The van der Waals surface area contributed by atoms with E-state index in [-0.39, 0.29) is 12.1 Å². The molecule has 2 heterocycles. The van der Waals surface area contributed by atoms with Gasteiger partial charge in [0.25, 0.3) is 0 Å². The summed E-state index contributed by atoms with van der Waals surface area (Å²) in [6, 6.07) is 13.6. The van der Waals surface area contributed by atoms with Gasteiger partial charge < -0.3 is 19.5 Å². The van der Waals surface area contributed by atoms with Crippen LogP contribution < -0.4 is 14.8 Å². The zero-order valence-corrected chi connectivity index (χ0v) is 26.9. The molecule has 0 radical (unpaired) electrons. The lowest BCUT2D eigenvalue weighted by atomic mass is 9.94. The minimum atomic E-state index is -0.560. The number of nitrogens with zero attached hydrogens (tertiary/aromatic N) is 3. The number of anilines is 1. The fourth-order valence-electron chi connectivity index (χ4n) is 5.45. The molecule has 0 amide bonds. The smallest absolute Gasteiger partial charge is 0.338 e. The van der Waals surface area contributed by atoms with Crippen LogP contribution in [-0.2, 0) is 15.3 Å². The normalized spacial score (nSPS) is 17.0. The van der Waals surface area contributed by atoms with Crippen LogP contribution in [0.3, 0.4) is 0 Å². The van der Waals surface area contributed by atoms with Gasteiger partial charge in [-0.2, -0.15) is 4.98 Å². The number of benzene rings is 2. The molecule has 2 aromatic carbocycles. The Morgan fingerprint density at radius 2 is 1.93 bits per heavy atom. The van der Waals surface area contributed by atoms with Crippen LogP contribution in [0.2, 0.25) is 0 Å². The summed E-state index contributed by atoms with van der Waals surface area (Å²) in [6.45, 7) is 4.67. The maximum absolute atomic E-state index is 13.8. The number of allylic oxidation sites excluding steroid dienone is 1. The van der Waals surface area contributed by atoms with Crippen LogP contribution in [0.25, 0.3) is 0 Å². The zero-order valence-electron chi connectivity index (χ0n) is 24.5. The highest BCUT2D eigenvalue weighted by Gasteiger charge is 2.37. The molecule has 8 nitrogen and oxygen atoms in total. The number of aromatic nitrogens is 3. The second-order valence-corrected chi connectivity index (χ2v) is 12.6. The summed E-state index contributed by atoms with van der Waals surface area (Å²) in [5, 5.41) is 8.85. The quantitative estimate of drug-likeness (QED) is 0.119. The van der Waals surface area contributed by atoms with Gasteiger partial charge in [-0.3, -0.25) is 0 Å². The van der Waals surface area contributed by atoms with Crippen molar-refractivity contribution in [2.75, 3.05) is 19.0 Å². The Bertz CT molecular complexity index is 1400. The molecular formula is C32H39BrN4O4S. The molecule has 0 bridgehead atoms. The Balaban J connectivity index is 1.50. The molecule has 1 fully saturated rings. The highest BCUT2D eigenvalue weighted by Crippen LogP contribution is 2.43. The number of hydrogen-bond donors (Lipinski definition) is 1. The number of carbonyl (C=O) groups is 1. The van der Waals surface area contributed by atoms with E-state index in [1.54, 1.807) is 23.6 Å². The Hall–Kier alpha value is -2.98. The molecule has 1 N–H and O–H groups in total. The third-order valence-electron chi connectivity index (χ3n) is 7.65. The van der Waals surface area contributed by atoms with Gasteiger partial charge >= 0.3 is 5.97 Å². The van der Waals surface area contributed by atoms with Gasteiger partial charge in [0.1, 0.15) is 12.1 Å². The second-order valence-electron chi connectivity index (χ2n) is 10.8. The maximum atomic E-state index is 13.8. The highest BCUT2D eigenvalue weighted by molar-refractivity contribution is 9.10. The van der Waals surface area contributed by atoms with Crippen molar-refractivity contribution >= 4 is 39.6 Å². The number of rotatable bonds is 12. The van der Waals surface area contributed by atoms with Gasteiger partial charge in [0.05, 0.1) is 23.8 Å². The minimum absolute atomic E-state index is 0.0681. The molecule has 10 heteroatoms. The van der Waals surface area contributed by atoms with Gasteiger partial charge in [0.2, 0.25) is 11.1 Å². The first-order valence-electron chi connectivity index (χ1n) is 14.8. The summed E-state index contributed by atoms with van der Waals surface area (Å²) < 4.78 is 20.6. The van der Waals surface area contributed by atoms with Crippen LogP contribution >= 0.6 is 27.7 Å². The molecule has 1 aromatic heterocycles. The van der Waals surface area contributed by atoms with E-state index >= 15 is 0 Å². The number of ether oxygens (including phenoxy) is 3. The molecule has 3 aromatic rings. The average molecular weight is 656 g/mol. The fourth-order valence-corrected chi connectivity index (χ4v) is 6.81. The van der Waals surface area contributed by atoms with E-state index in [1.165, 1.54) is 12.0 Å². The molecule has 42 heavy (non-hydrogen) atoms. The number of esters is 1. The van der Waals surface area contributed by atoms with Crippen LogP contribution in [0.1, 0.15) is 82.4 Å². The molecule has 1 atom stereocenters. The molecule has 1 unspecified atom stereocenters. The number of hydrogen-bond acceptors (Lipinski definition) is 8. The number of methoxy groups -OCH3 is 1. The summed E-state index contributed by atoms with van der Waals surface area (Å²) in [5.41, 5.74) is 3.23. The first-order chi connectivity index (χ1) is 20.5. The molecule has 0 saturated heterocycles. The number of unbranched alkanes of at least 4 members (excludes halogenated alkanes) is 2. The van der Waals surface area contributed by atoms with Crippen LogP contribution in [0, 0.1) is 0 Å². The number of fused-ring (bicyclic) bond motifs is 1. The number of halogens is 1. The number of nitrogens with one attached hydrogen (secondary N) is 1. The van der Waals surface area contributed by atoms with Crippen molar-refractivity contribution in [1.82, 2.24) is 14.8 Å². The van der Waals surface area contributed by atoms with Gasteiger partial charge in [-0.25, -0.2) is 9.48 Å². The lowest BCUT2D eigenvalue weighted by Crippen LogP contribution is -2.32. The number of thioether (sulfide) groups is 1. The Labute approximate surface area is 260 Å². The van der Waals surface area contributed by atoms with Gasteiger partial charge in [0.15, 0.2) is 11.5 Å². The molecule has 1 saturated carbocycles. The molecular weight excluding hydrogens is 616 g/mol. The minimum Gasteiger partial charge on any atom is -0.493 e. The molecule has 2 aliphatic rings. The Kier molecular flexibility index (Phi) is 10.5. The molecule has 5 rings (SSSR count). The monoisotopic (exact) mass is 654 g/mol. The standard InChI is InChI=1S/C32H39BrN4O4S/c1-4-5-12-17-40-29-25(33)18-23(19-26(29)39-3)28-27(30(38)41-24-15-10-7-11-16-24)21(2)34-31-35-32(36-37(28)31)42-20-22-13-8-6-9-14-22/h6,8-9,13-14,18-19,24,28H,4-5,7,10-12,15-17,20H2,1-3H3,(H,34,35,36). The van der Waals surface area contributed by atoms with Crippen LogP contribution in [-0.4, -0.2) is 40.6 Å². The van der Waals surface area contributed by atoms with E-state index in [0.717, 1.165) is 60.7 Å². The molecule has 1 aliphatic carbocycles. The summed E-state index contributed by atoms with van der Waals surface area (Å²) in [4.78, 5) is 18.6. The van der Waals surface area contributed by atoms with Gasteiger partial charge in [-0.1, -0.05) is 68.3 Å². The van der Waals surface area contributed by atoms with E-state index in [4.69, 9.17) is 24.3 Å². The van der Waals surface area contributed by atoms with Crippen molar-refractivity contribution in [2.45, 2.75) is 88.3 Å². The third kappa shape index (κ3) is 7.14. The summed E-state index contributed by atoms with van der Waals surface area (Å²) in [6.07, 6.45) is 8.26. The Morgan fingerprint density at radius 1 is 1.14 bits per heavy atom. The van der Waals surface area contributed by atoms with E-state index in [0.29, 0.717) is 40.5 Å². The van der Waals surface area contributed by atoms with E-state index in [1.807, 2.05) is 37.3 Å². The van der Waals surface area contributed by atoms with Crippen molar-refractivity contribution < 1.29 is 19.0 Å². The first-order valence-corrected chi connectivity index (χ1v) is 16.6. The maximum Gasteiger partial charge on any atom is 0.338 e. The zero-order chi connectivity index (χ0) is 29.5. The lowest BCUT2D eigenvalue weighted by Gasteiger charge is -2.30. The summed E-state index contributed by atoms with van der Waals surface area (Å²) in [7, 11) is 1.63. The summed E-state index contributed by atoms with van der Waals surface area (Å²) >= 11 is 5.28. The topological polar surface area (TPSA) is 87.5 Å². The van der Waals surface area contributed by atoms with Crippen LogP contribution in [0.5, 0.6) is 11.5 Å². The van der Waals surface area contributed by atoms with Crippen molar-refractivity contribution in [2.24, 2.45) is 0 Å². The third-order valence-corrected chi connectivity index (χ3v) is 9.15.